The topological polar surface area (TPSA) is 29.5 Å². The fraction of sp³-hybridized carbons (Fsp3) is 0.200. The fourth-order valence-electron chi connectivity index (χ4n) is 2.37. The number of aliphatic hydroxyl groups is 1. The largest absolute Gasteiger partial charge is 0.493 e. The van der Waals surface area contributed by atoms with Gasteiger partial charge in [-0.3, -0.25) is 0 Å². The number of halogens is 1. The highest BCUT2D eigenvalue weighted by Crippen LogP contribution is 2.41. The average molecular weight is 261 g/mol. The average Bonchev–Trinajstić information content (AvgIpc) is 2.82. The molecule has 1 heterocycles. The smallest absolute Gasteiger partial charge is 0.123 e. The Bertz CT molecular complexity index is 568. The van der Waals surface area contributed by atoms with Crippen LogP contribution in [0.4, 0.5) is 0 Å². The highest BCUT2D eigenvalue weighted by Gasteiger charge is 2.30. The highest BCUT2D eigenvalue weighted by molar-refractivity contribution is 6.30. The van der Waals surface area contributed by atoms with E-state index in [1.165, 1.54) is 0 Å². The summed E-state index contributed by atoms with van der Waals surface area (Å²) in [6, 6.07) is 15.2. The third-order valence-electron chi connectivity index (χ3n) is 3.31. The summed E-state index contributed by atoms with van der Waals surface area (Å²) >= 11 is 5.95. The zero-order valence-electron chi connectivity index (χ0n) is 9.71. The maximum atomic E-state index is 10.5. The van der Waals surface area contributed by atoms with Crippen LogP contribution in [-0.2, 0) is 0 Å². The molecule has 0 fully saturated rings. The third kappa shape index (κ3) is 1.98. The van der Waals surface area contributed by atoms with Crippen molar-refractivity contribution in [1.82, 2.24) is 0 Å². The molecule has 0 radical (unpaired) electrons. The predicted molar refractivity (Wildman–Crippen MR) is 71.1 cm³/mol. The fourth-order valence-corrected chi connectivity index (χ4v) is 2.57. The number of ether oxygens (including phenoxy) is 1. The number of para-hydroxylation sites is 1. The number of hydrogen-bond acceptors (Lipinski definition) is 2. The maximum absolute atomic E-state index is 10.5. The van der Waals surface area contributed by atoms with Crippen molar-refractivity contribution in [1.29, 1.82) is 0 Å². The van der Waals surface area contributed by atoms with Crippen molar-refractivity contribution < 1.29 is 9.84 Å². The molecule has 2 aromatic carbocycles. The summed E-state index contributed by atoms with van der Waals surface area (Å²) in [6.07, 6.45) is -0.590. The Balaban J connectivity index is 1.93. The van der Waals surface area contributed by atoms with Gasteiger partial charge in [-0.15, -0.1) is 0 Å². The van der Waals surface area contributed by atoms with E-state index >= 15 is 0 Å². The second kappa shape index (κ2) is 4.63. The lowest BCUT2D eigenvalue weighted by Gasteiger charge is -2.17. The molecule has 2 nitrogen and oxygen atoms in total. The number of aliphatic hydroxyl groups excluding tert-OH is 1. The second-order valence-electron chi connectivity index (χ2n) is 4.46. The van der Waals surface area contributed by atoms with Gasteiger partial charge in [-0.05, 0) is 23.8 Å². The van der Waals surface area contributed by atoms with Gasteiger partial charge in [-0.2, -0.15) is 0 Å². The SMILES string of the molecule is OC(c1cccc(Cl)c1)C1COc2ccccc21. The molecule has 1 aliphatic rings. The molecule has 2 aromatic rings. The van der Waals surface area contributed by atoms with E-state index in [1.54, 1.807) is 12.1 Å². The summed E-state index contributed by atoms with van der Waals surface area (Å²) in [5.74, 6) is 0.836. The van der Waals surface area contributed by atoms with Crippen molar-refractivity contribution in [2.24, 2.45) is 0 Å². The Kier molecular flexibility index (Phi) is 2.98. The van der Waals surface area contributed by atoms with Gasteiger partial charge in [-0.25, -0.2) is 0 Å². The van der Waals surface area contributed by atoms with E-state index in [0.717, 1.165) is 16.9 Å². The standard InChI is InChI=1S/C15H13ClO2/c16-11-5-3-4-10(8-11)15(17)13-9-18-14-7-2-1-6-12(13)14/h1-8,13,15,17H,9H2. The van der Waals surface area contributed by atoms with Gasteiger partial charge in [0.2, 0.25) is 0 Å². The first-order valence-corrected chi connectivity index (χ1v) is 6.29. The molecule has 3 heteroatoms. The van der Waals surface area contributed by atoms with Crippen LogP contribution in [0.3, 0.4) is 0 Å². The van der Waals surface area contributed by atoms with Gasteiger partial charge >= 0.3 is 0 Å². The molecule has 0 amide bonds. The van der Waals surface area contributed by atoms with Crippen molar-refractivity contribution in [2.45, 2.75) is 12.0 Å². The summed E-state index contributed by atoms with van der Waals surface area (Å²) in [5.41, 5.74) is 1.89. The molecular formula is C15H13ClO2. The molecule has 0 spiro atoms. The molecule has 2 atom stereocenters. The first kappa shape index (κ1) is 11.6. The van der Waals surface area contributed by atoms with Crippen molar-refractivity contribution in [3.8, 4) is 5.75 Å². The number of hydrogen-bond donors (Lipinski definition) is 1. The van der Waals surface area contributed by atoms with E-state index in [1.807, 2.05) is 36.4 Å². The lowest BCUT2D eigenvalue weighted by atomic mass is 9.91. The van der Waals surface area contributed by atoms with E-state index in [9.17, 15) is 5.11 Å². The minimum absolute atomic E-state index is 0.0281. The summed E-state index contributed by atoms with van der Waals surface area (Å²) in [4.78, 5) is 0. The van der Waals surface area contributed by atoms with Gasteiger partial charge in [0.25, 0.3) is 0 Å². The van der Waals surface area contributed by atoms with Gasteiger partial charge in [-0.1, -0.05) is 41.9 Å². The van der Waals surface area contributed by atoms with Crippen molar-refractivity contribution in [2.75, 3.05) is 6.61 Å². The van der Waals surface area contributed by atoms with Crippen LogP contribution in [0.5, 0.6) is 5.75 Å². The van der Waals surface area contributed by atoms with Crippen LogP contribution in [0.2, 0.25) is 5.02 Å². The minimum atomic E-state index is -0.590. The number of rotatable bonds is 2. The zero-order valence-corrected chi connectivity index (χ0v) is 10.5. The number of fused-ring (bicyclic) bond motifs is 1. The normalized spacial score (nSPS) is 19.1. The first-order chi connectivity index (χ1) is 8.75. The summed E-state index contributed by atoms with van der Waals surface area (Å²) in [6.45, 7) is 0.507. The molecule has 92 valence electrons. The van der Waals surface area contributed by atoms with Crippen LogP contribution >= 0.6 is 11.6 Å². The minimum Gasteiger partial charge on any atom is -0.493 e. The van der Waals surface area contributed by atoms with Gasteiger partial charge in [0, 0.05) is 10.6 Å². The Morgan fingerprint density at radius 2 is 2.00 bits per heavy atom. The van der Waals surface area contributed by atoms with Crippen LogP contribution < -0.4 is 4.74 Å². The Morgan fingerprint density at radius 1 is 1.17 bits per heavy atom. The maximum Gasteiger partial charge on any atom is 0.123 e. The Labute approximate surface area is 111 Å². The van der Waals surface area contributed by atoms with Crippen LogP contribution in [-0.4, -0.2) is 11.7 Å². The molecule has 18 heavy (non-hydrogen) atoms. The molecule has 1 aliphatic heterocycles. The van der Waals surface area contributed by atoms with Gasteiger partial charge in [0.1, 0.15) is 5.75 Å². The van der Waals surface area contributed by atoms with E-state index in [4.69, 9.17) is 16.3 Å². The summed E-state index contributed by atoms with van der Waals surface area (Å²) in [7, 11) is 0. The molecular weight excluding hydrogens is 248 g/mol. The van der Waals surface area contributed by atoms with Crippen molar-refractivity contribution >= 4 is 11.6 Å². The molecule has 1 N–H and O–H groups in total. The third-order valence-corrected chi connectivity index (χ3v) is 3.54. The molecule has 0 saturated heterocycles. The van der Waals surface area contributed by atoms with Crippen molar-refractivity contribution in [3.05, 3.63) is 64.7 Å². The second-order valence-corrected chi connectivity index (χ2v) is 4.89. The Morgan fingerprint density at radius 3 is 2.83 bits per heavy atom. The van der Waals surface area contributed by atoms with Crippen LogP contribution in [0.15, 0.2) is 48.5 Å². The molecule has 0 bridgehead atoms. The van der Waals surface area contributed by atoms with Crippen LogP contribution in [0.1, 0.15) is 23.1 Å². The molecule has 0 aliphatic carbocycles. The predicted octanol–water partition coefficient (Wildman–Crippen LogP) is 3.55. The van der Waals surface area contributed by atoms with Crippen molar-refractivity contribution in [3.63, 3.8) is 0 Å². The molecule has 0 saturated carbocycles. The van der Waals surface area contributed by atoms with E-state index in [-0.39, 0.29) is 5.92 Å². The van der Waals surface area contributed by atoms with Crippen LogP contribution in [0.25, 0.3) is 0 Å². The molecule has 3 rings (SSSR count). The monoisotopic (exact) mass is 260 g/mol. The Hall–Kier alpha value is -1.51. The summed E-state index contributed by atoms with van der Waals surface area (Å²) < 4.78 is 5.59. The van der Waals surface area contributed by atoms with E-state index in [0.29, 0.717) is 11.6 Å². The molecule has 0 aromatic heterocycles. The number of benzene rings is 2. The van der Waals surface area contributed by atoms with E-state index < -0.39 is 6.10 Å². The van der Waals surface area contributed by atoms with Gasteiger partial charge < -0.3 is 9.84 Å². The lowest BCUT2D eigenvalue weighted by molar-refractivity contribution is 0.130. The lowest BCUT2D eigenvalue weighted by Crippen LogP contribution is -2.12. The van der Waals surface area contributed by atoms with Gasteiger partial charge in [0.15, 0.2) is 0 Å². The van der Waals surface area contributed by atoms with Crippen LogP contribution in [0, 0.1) is 0 Å². The quantitative estimate of drug-likeness (QED) is 0.895. The van der Waals surface area contributed by atoms with E-state index in [2.05, 4.69) is 0 Å². The summed E-state index contributed by atoms with van der Waals surface area (Å²) in [5, 5.41) is 11.1. The van der Waals surface area contributed by atoms with Gasteiger partial charge in [0.05, 0.1) is 18.6 Å². The zero-order chi connectivity index (χ0) is 12.5. The highest BCUT2D eigenvalue weighted by atomic mass is 35.5. The first-order valence-electron chi connectivity index (χ1n) is 5.91. The molecule has 2 unspecified atom stereocenters.